The van der Waals surface area contributed by atoms with Crippen LogP contribution in [0.25, 0.3) is 0 Å². The molecular formula is C14H25N2+. The fourth-order valence-corrected chi connectivity index (χ4v) is 1.97. The smallest absolute Gasteiger partial charge is 0.104 e. The first-order valence-electron chi connectivity index (χ1n) is 6.00. The van der Waals surface area contributed by atoms with Gasteiger partial charge in [0, 0.05) is 18.5 Å². The van der Waals surface area contributed by atoms with Crippen LogP contribution in [0.5, 0.6) is 0 Å². The SMILES string of the molecule is CN(C)CCC[N+](C)(C)Cc1ccccc1. The molecule has 0 spiro atoms. The minimum atomic E-state index is 1.07. The molecule has 0 unspecified atom stereocenters. The Balaban J connectivity index is 2.39. The minimum Gasteiger partial charge on any atom is -0.325 e. The van der Waals surface area contributed by atoms with Crippen LogP contribution in [-0.4, -0.2) is 50.7 Å². The second-order valence-corrected chi connectivity index (χ2v) is 5.46. The van der Waals surface area contributed by atoms with Gasteiger partial charge in [0.2, 0.25) is 0 Å². The first kappa shape index (κ1) is 13.2. The standard InChI is InChI=1S/C14H25N2/c1-15(2)11-8-12-16(3,4)13-14-9-6-5-7-10-14/h5-7,9-10H,8,11-13H2,1-4H3/q+1. The molecule has 0 saturated carbocycles. The highest BCUT2D eigenvalue weighted by Crippen LogP contribution is 2.09. The number of nitrogens with zero attached hydrogens (tertiary/aromatic N) is 2. The van der Waals surface area contributed by atoms with Crippen molar-refractivity contribution in [2.45, 2.75) is 13.0 Å². The van der Waals surface area contributed by atoms with Gasteiger partial charge in [0.1, 0.15) is 6.54 Å². The molecule has 1 rings (SSSR count). The predicted octanol–water partition coefficient (Wildman–Crippen LogP) is 2.21. The van der Waals surface area contributed by atoms with Crippen molar-refractivity contribution in [3.63, 3.8) is 0 Å². The zero-order chi connectivity index (χ0) is 12.0. The summed E-state index contributed by atoms with van der Waals surface area (Å²) in [6.45, 7) is 3.53. The number of benzene rings is 1. The van der Waals surface area contributed by atoms with Crippen LogP contribution < -0.4 is 0 Å². The maximum Gasteiger partial charge on any atom is 0.104 e. The Morgan fingerprint density at radius 3 is 2.25 bits per heavy atom. The number of hydrogen-bond acceptors (Lipinski definition) is 1. The van der Waals surface area contributed by atoms with Crippen LogP contribution >= 0.6 is 0 Å². The lowest BCUT2D eigenvalue weighted by molar-refractivity contribution is -0.903. The first-order chi connectivity index (χ1) is 7.49. The van der Waals surface area contributed by atoms with Crippen LogP contribution in [0.3, 0.4) is 0 Å². The largest absolute Gasteiger partial charge is 0.325 e. The first-order valence-corrected chi connectivity index (χ1v) is 6.00. The maximum atomic E-state index is 2.31. The van der Waals surface area contributed by atoms with Crippen LogP contribution in [0, 0.1) is 0 Å². The summed E-state index contributed by atoms with van der Waals surface area (Å²) in [5.74, 6) is 0. The van der Waals surface area contributed by atoms with Gasteiger partial charge in [-0.2, -0.15) is 0 Å². The molecule has 0 N–H and O–H groups in total. The van der Waals surface area contributed by atoms with Crippen molar-refractivity contribution in [2.75, 3.05) is 41.3 Å². The van der Waals surface area contributed by atoms with Gasteiger partial charge in [-0.25, -0.2) is 0 Å². The molecule has 0 aliphatic heterocycles. The molecule has 0 bridgehead atoms. The second-order valence-electron chi connectivity index (χ2n) is 5.46. The van der Waals surface area contributed by atoms with E-state index < -0.39 is 0 Å². The van der Waals surface area contributed by atoms with Gasteiger partial charge < -0.3 is 9.38 Å². The van der Waals surface area contributed by atoms with Gasteiger partial charge in [-0.3, -0.25) is 0 Å². The molecule has 0 heterocycles. The summed E-state index contributed by atoms with van der Waals surface area (Å²) >= 11 is 0. The highest BCUT2D eigenvalue weighted by molar-refractivity contribution is 5.13. The molecule has 90 valence electrons. The lowest BCUT2D eigenvalue weighted by Gasteiger charge is -2.30. The molecule has 2 heteroatoms. The molecule has 0 aliphatic carbocycles. The zero-order valence-electron chi connectivity index (χ0n) is 11.1. The van der Waals surface area contributed by atoms with E-state index in [0.717, 1.165) is 11.0 Å². The van der Waals surface area contributed by atoms with Gasteiger partial charge in [0.05, 0.1) is 20.6 Å². The molecule has 0 saturated heterocycles. The third kappa shape index (κ3) is 5.29. The van der Waals surface area contributed by atoms with Crippen molar-refractivity contribution >= 4 is 0 Å². The van der Waals surface area contributed by atoms with Crippen LogP contribution in [-0.2, 0) is 6.54 Å². The van der Waals surface area contributed by atoms with Gasteiger partial charge in [0.25, 0.3) is 0 Å². The second kappa shape index (κ2) is 6.02. The molecule has 16 heavy (non-hydrogen) atoms. The van der Waals surface area contributed by atoms with Crippen molar-refractivity contribution in [2.24, 2.45) is 0 Å². The van der Waals surface area contributed by atoms with Gasteiger partial charge in [0.15, 0.2) is 0 Å². The van der Waals surface area contributed by atoms with Crippen LogP contribution in [0.15, 0.2) is 30.3 Å². The van der Waals surface area contributed by atoms with Crippen LogP contribution in [0.1, 0.15) is 12.0 Å². The Morgan fingerprint density at radius 1 is 1.06 bits per heavy atom. The number of quaternary nitrogens is 1. The van der Waals surface area contributed by atoms with E-state index in [1.807, 2.05) is 0 Å². The Morgan fingerprint density at radius 2 is 1.69 bits per heavy atom. The molecule has 0 aliphatic rings. The molecule has 1 aromatic rings. The Bertz CT molecular complexity index is 291. The summed E-state index contributed by atoms with van der Waals surface area (Å²) in [6, 6.07) is 10.7. The van der Waals surface area contributed by atoms with Crippen molar-refractivity contribution in [3.05, 3.63) is 35.9 Å². The normalized spacial score (nSPS) is 12.1. The molecule has 2 nitrogen and oxygen atoms in total. The quantitative estimate of drug-likeness (QED) is 0.666. The van der Waals surface area contributed by atoms with E-state index in [-0.39, 0.29) is 0 Å². The molecule has 0 aromatic heterocycles. The lowest BCUT2D eigenvalue weighted by Crippen LogP contribution is -2.40. The predicted molar refractivity (Wildman–Crippen MR) is 70.3 cm³/mol. The molecule has 0 radical (unpaired) electrons. The third-order valence-electron chi connectivity index (χ3n) is 2.82. The fraction of sp³-hybridized carbons (Fsp3) is 0.571. The van der Waals surface area contributed by atoms with E-state index in [9.17, 15) is 0 Å². The minimum absolute atomic E-state index is 1.07. The van der Waals surface area contributed by atoms with Gasteiger partial charge in [-0.1, -0.05) is 30.3 Å². The van der Waals surface area contributed by atoms with E-state index in [1.165, 1.54) is 25.1 Å². The van der Waals surface area contributed by atoms with E-state index in [0.29, 0.717) is 0 Å². The fourth-order valence-electron chi connectivity index (χ4n) is 1.97. The van der Waals surface area contributed by atoms with Crippen molar-refractivity contribution in [1.82, 2.24) is 4.90 Å². The third-order valence-corrected chi connectivity index (χ3v) is 2.82. The highest BCUT2D eigenvalue weighted by Gasteiger charge is 2.15. The summed E-state index contributed by atoms with van der Waals surface area (Å²) in [5.41, 5.74) is 1.43. The summed E-state index contributed by atoms with van der Waals surface area (Å²) in [5, 5.41) is 0. The molecule has 0 fully saturated rings. The summed E-state index contributed by atoms with van der Waals surface area (Å²) in [7, 11) is 8.89. The molecule has 0 atom stereocenters. The Hall–Kier alpha value is -0.860. The van der Waals surface area contributed by atoms with E-state index in [4.69, 9.17) is 0 Å². The van der Waals surface area contributed by atoms with Crippen molar-refractivity contribution < 1.29 is 4.48 Å². The molecule has 0 amide bonds. The van der Waals surface area contributed by atoms with Crippen molar-refractivity contribution in [3.8, 4) is 0 Å². The Kier molecular flexibility index (Phi) is 4.97. The van der Waals surface area contributed by atoms with Crippen LogP contribution in [0.4, 0.5) is 0 Å². The zero-order valence-corrected chi connectivity index (χ0v) is 11.1. The average Bonchev–Trinajstić information content (AvgIpc) is 2.17. The average molecular weight is 221 g/mol. The summed E-state index contributed by atoms with van der Waals surface area (Å²) in [4.78, 5) is 2.25. The summed E-state index contributed by atoms with van der Waals surface area (Å²) < 4.78 is 1.07. The van der Waals surface area contributed by atoms with Gasteiger partial charge >= 0.3 is 0 Å². The van der Waals surface area contributed by atoms with E-state index in [1.54, 1.807) is 0 Å². The molecular weight excluding hydrogens is 196 g/mol. The monoisotopic (exact) mass is 221 g/mol. The van der Waals surface area contributed by atoms with E-state index >= 15 is 0 Å². The highest BCUT2D eigenvalue weighted by atomic mass is 15.3. The van der Waals surface area contributed by atoms with Gasteiger partial charge in [-0.05, 0) is 14.1 Å². The number of hydrogen-bond donors (Lipinski definition) is 0. The van der Waals surface area contributed by atoms with Crippen LogP contribution in [0.2, 0.25) is 0 Å². The van der Waals surface area contributed by atoms with Crippen molar-refractivity contribution in [1.29, 1.82) is 0 Å². The topological polar surface area (TPSA) is 3.24 Å². The van der Waals surface area contributed by atoms with E-state index in [2.05, 4.69) is 63.4 Å². The molecule has 1 aromatic carbocycles. The lowest BCUT2D eigenvalue weighted by atomic mass is 10.2. The number of rotatable bonds is 6. The Labute approximate surface area is 100 Å². The maximum absolute atomic E-state index is 2.31. The summed E-state index contributed by atoms with van der Waals surface area (Å²) in [6.07, 6.45) is 1.26. The van der Waals surface area contributed by atoms with Gasteiger partial charge in [-0.15, -0.1) is 0 Å².